The van der Waals surface area contributed by atoms with Gasteiger partial charge in [-0.2, -0.15) is 5.10 Å². The van der Waals surface area contributed by atoms with Crippen LogP contribution in [0.2, 0.25) is 5.02 Å². The summed E-state index contributed by atoms with van der Waals surface area (Å²) >= 11 is 5.72. The van der Waals surface area contributed by atoms with Crippen LogP contribution in [0.1, 0.15) is 30.7 Å². The first-order valence-corrected chi connectivity index (χ1v) is 5.67. The Kier molecular flexibility index (Phi) is 3.33. The summed E-state index contributed by atoms with van der Waals surface area (Å²) in [5.41, 5.74) is -0.0868. The van der Waals surface area contributed by atoms with Gasteiger partial charge in [0.2, 0.25) is 5.91 Å². The summed E-state index contributed by atoms with van der Waals surface area (Å²) in [4.78, 5) is 11.5. The lowest BCUT2D eigenvalue weighted by Crippen LogP contribution is -2.30. The minimum absolute atomic E-state index is 0.0702. The number of alkyl halides is 2. The molecule has 0 saturated heterocycles. The van der Waals surface area contributed by atoms with Crippen LogP contribution in [0.4, 0.5) is 8.78 Å². The summed E-state index contributed by atoms with van der Waals surface area (Å²) in [6, 6.07) is 0.239. The monoisotopic (exact) mass is 263 g/mol. The fraction of sp³-hybridized carbons (Fsp3) is 0.600. The maximum Gasteiger partial charge on any atom is 0.283 e. The van der Waals surface area contributed by atoms with E-state index in [9.17, 15) is 13.6 Å². The predicted octanol–water partition coefficient (Wildman–Crippen LogP) is 2.06. The van der Waals surface area contributed by atoms with Gasteiger partial charge >= 0.3 is 0 Å². The van der Waals surface area contributed by atoms with E-state index in [1.807, 2.05) is 0 Å². The third kappa shape index (κ3) is 2.74. The van der Waals surface area contributed by atoms with Gasteiger partial charge in [-0.1, -0.05) is 11.6 Å². The van der Waals surface area contributed by atoms with Gasteiger partial charge in [-0.05, 0) is 19.8 Å². The van der Waals surface area contributed by atoms with Gasteiger partial charge in [0.1, 0.15) is 12.2 Å². The van der Waals surface area contributed by atoms with Gasteiger partial charge in [-0.25, -0.2) is 8.78 Å². The number of nitrogens with zero attached hydrogens (tertiary/aromatic N) is 2. The number of hydrogen-bond donors (Lipinski definition) is 1. The van der Waals surface area contributed by atoms with E-state index in [4.69, 9.17) is 11.6 Å². The molecule has 1 aliphatic rings. The van der Waals surface area contributed by atoms with Crippen LogP contribution in [0.15, 0.2) is 0 Å². The van der Waals surface area contributed by atoms with Crippen LogP contribution in [-0.2, 0) is 11.3 Å². The average molecular weight is 264 g/mol. The zero-order valence-electron chi connectivity index (χ0n) is 9.21. The SMILES string of the molecule is Cc1c(Cl)c(C(F)F)nn1CC(=O)NC1CC1. The molecule has 0 aliphatic heterocycles. The molecule has 1 aromatic rings. The van der Waals surface area contributed by atoms with Gasteiger partial charge in [-0.3, -0.25) is 9.48 Å². The molecular formula is C10H12ClF2N3O. The van der Waals surface area contributed by atoms with Crippen LogP contribution in [0, 0.1) is 6.92 Å². The molecule has 1 heterocycles. The lowest BCUT2D eigenvalue weighted by atomic mass is 10.4. The van der Waals surface area contributed by atoms with Crippen molar-refractivity contribution >= 4 is 17.5 Å². The lowest BCUT2D eigenvalue weighted by molar-refractivity contribution is -0.122. The van der Waals surface area contributed by atoms with Gasteiger partial charge in [0.15, 0.2) is 0 Å². The average Bonchev–Trinajstić information content (AvgIpc) is 3.00. The molecular weight excluding hydrogens is 252 g/mol. The summed E-state index contributed by atoms with van der Waals surface area (Å²) in [5.74, 6) is -0.226. The number of nitrogens with one attached hydrogen (secondary N) is 1. The van der Waals surface area contributed by atoms with E-state index in [-0.39, 0.29) is 23.5 Å². The third-order valence-corrected chi connectivity index (χ3v) is 3.07. The molecule has 1 amide bonds. The summed E-state index contributed by atoms with van der Waals surface area (Å²) in [6.45, 7) is 1.49. The van der Waals surface area contributed by atoms with E-state index in [2.05, 4.69) is 10.4 Å². The van der Waals surface area contributed by atoms with Crippen LogP contribution in [-0.4, -0.2) is 21.7 Å². The largest absolute Gasteiger partial charge is 0.352 e. The molecule has 0 aromatic carbocycles. The second kappa shape index (κ2) is 4.60. The summed E-state index contributed by atoms with van der Waals surface area (Å²) in [6.07, 6.45) is -0.770. The first kappa shape index (κ1) is 12.3. The van der Waals surface area contributed by atoms with Crippen LogP contribution >= 0.6 is 11.6 Å². The highest BCUT2D eigenvalue weighted by Gasteiger charge is 2.25. The van der Waals surface area contributed by atoms with Crippen LogP contribution in [0.25, 0.3) is 0 Å². The van der Waals surface area contributed by atoms with Gasteiger partial charge < -0.3 is 5.32 Å². The second-order valence-electron chi connectivity index (χ2n) is 4.08. The minimum atomic E-state index is -2.73. The molecule has 1 aliphatic carbocycles. The first-order chi connectivity index (χ1) is 7.99. The quantitative estimate of drug-likeness (QED) is 0.904. The van der Waals surface area contributed by atoms with E-state index in [0.29, 0.717) is 5.69 Å². The maximum atomic E-state index is 12.5. The van der Waals surface area contributed by atoms with Crippen molar-refractivity contribution in [2.75, 3.05) is 0 Å². The number of carbonyl (C=O) groups is 1. The van der Waals surface area contributed by atoms with Crippen molar-refractivity contribution in [3.05, 3.63) is 16.4 Å². The normalized spacial score (nSPS) is 15.4. The Morgan fingerprint density at radius 3 is 2.76 bits per heavy atom. The van der Waals surface area contributed by atoms with E-state index in [0.717, 1.165) is 12.8 Å². The first-order valence-electron chi connectivity index (χ1n) is 5.29. The Morgan fingerprint density at radius 1 is 1.65 bits per heavy atom. The number of rotatable bonds is 4. The molecule has 0 unspecified atom stereocenters. The van der Waals surface area contributed by atoms with Crippen molar-refractivity contribution in [1.82, 2.24) is 15.1 Å². The minimum Gasteiger partial charge on any atom is -0.352 e. The fourth-order valence-corrected chi connectivity index (χ4v) is 1.70. The lowest BCUT2D eigenvalue weighted by Gasteiger charge is -2.04. The summed E-state index contributed by atoms with van der Waals surface area (Å²) in [5, 5.41) is 6.34. The molecule has 7 heteroatoms. The number of hydrogen-bond acceptors (Lipinski definition) is 2. The molecule has 0 atom stereocenters. The Balaban J connectivity index is 2.09. The third-order valence-electron chi connectivity index (χ3n) is 2.60. The number of carbonyl (C=O) groups excluding carboxylic acids is 1. The molecule has 0 spiro atoms. The molecule has 1 fully saturated rings. The van der Waals surface area contributed by atoms with Crippen molar-refractivity contribution < 1.29 is 13.6 Å². The summed E-state index contributed by atoms with van der Waals surface area (Å²) in [7, 11) is 0. The van der Waals surface area contributed by atoms with E-state index >= 15 is 0 Å². The zero-order chi connectivity index (χ0) is 12.6. The van der Waals surface area contributed by atoms with Gasteiger partial charge in [0.25, 0.3) is 6.43 Å². The highest BCUT2D eigenvalue weighted by Crippen LogP contribution is 2.28. The maximum absolute atomic E-state index is 12.5. The Labute approximate surface area is 102 Å². The number of amides is 1. The van der Waals surface area contributed by atoms with Crippen molar-refractivity contribution in [2.24, 2.45) is 0 Å². The molecule has 0 bridgehead atoms. The van der Waals surface area contributed by atoms with Crippen molar-refractivity contribution in [1.29, 1.82) is 0 Å². The van der Waals surface area contributed by atoms with E-state index < -0.39 is 12.1 Å². The molecule has 1 saturated carbocycles. The van der Waals surface area contributed by atoms with E-state index in [1.165, 1.54) is 4.68 Å². The molecule has 0 radical (unpaired) electrons. The van der Waals surface area contributed by atoms with Crippen molar-refractivity contribution in [3.8, 4) is 0 Å². The number of halogens is 3. The Bertz CT molecular complexity index is 443. The van der Waals surface area contributed by atoms with Crippen molar-refractivity contribution in [3.63, 3.8) is 0 Å². The van der Waals surface area contributed by atoms with Gasteiger partial charge in [0.05, 0.1) is 10.7 Å². The molecule has 2 rings (SSSR count). The highest BCUT2D eigenvalue weighted by atomic mass is 35.5. The van der Waals surface area contributed by atoms with Crippen LogP contribution < -0.4 is 5.32 Å². The summed E-state index contributed by atoms with van der Waals surface area (Å²) < 4.78 is 26.2. The second-order valence-corrected chi connectivity index (χ2v) is 4.46. The Hall–Kier alpha value is -1.17. The fourth-order valence-electron chi connectivity index (χ4n) is 1.48. The standard InChI is InChI=1S/C10H12ClF2N3O/c1-5-8(11)9(10(12)13)15-16(5)4-7(17)14-6-2-3-6/h6,10H,2-4H2,1H3,(H,14,17). The molecule has 94 valence electrons. The van der Waals surface area contributed by atoms with E-state index in [1.54, 1.807) is 6.92 Å². The van der Waals surface area contributed by atoms with Crippen LogP contribution in [0.5, 0.6) is 0 Å². The van der Waals surface area contributed by atoms with Gasteiger partial charge in [0, 0.05) is 6.04 Å². The molecule has 4 nitrogen and oxygen atoms in total. The van der Waals surface area contributed by atoms with Gasteiger partial charge in [-0.15, -0.1) is 0 Å². The van der Waals surface area contributed by atoms with Crippen molar-refractivity contribution in [2.45, 2.75) is 38.8 Å². The highest BCUT2D eigenvalue weighted by molar-refractivity contribution is 6.31. The molecule has 17 heavy (non-hydrogen) atoms. The molecule has 1 aromatic heterocycles. The van der Waals surface area contributed by atoms with Crippen LogP contribution in [0.3, 0.4) is 0 Å². The molecule has 1 N–H and O–H groups in total. The Morgan fingerprint density at radius 2 is 2.29 bits per heavy atom. The smallest absolute Gasteiger partial charge is 0.283 e. The zero-order valence-corrected chi connectivity index (χ0v) is 9.97. The predicted molar refractivity (Wildman–Crippen MR) is 58.1 cm³/mol. The number of aromatic nitrogens is 2. The topological polar surface area (TPSA) is 46.9 Å².